The maximum absolute atomic E-state index is 12.1. The van der Waals surface area contributed by atoms with Gasteiger partial charge in [0, 0.05) is 19.5 Å². The lowest BCUT2D eigenvalue weighted by atomic mass is 9.72. The number of likely N-dealkylation sites (tertiary alicyclic amines) is 2. The van der Waals surface area contributed by atoms with Gasteiger partial charge >= 0.3 is 5.97 Å². The molecule has 0 aromatic carbocycles. The van der Waals surface area contributed by atoms with Crippen molar-refractivity contribution in [3.05, 3.63) is 0 Å². The second-order valence-corrected chi connectivity index (χ2v) is 7.99. The van der Waals surface area contributed by atoms with E-state index in [0.29, 0.717) is 13.0 Å². The Hall–Kier alpha value is -1.10. The number of nitrogens with zero attached hydrogens (tertiary/aromatic N) is 2. The lowest BCUT2D eigenvalue weighted by Gasteiger charge is -2.48. The summed E-state index contributed by atoms with van der Waals surface area (Å²) in [6, 6.07) is -0.698. The fraction of sp³-hybridized carbons (Fsp3) is 0.889. The molecule has 130 valence electrons. The van der Waals surface area contributed by atoms with Gasteiger partial charge in [-0.25, -0.2) is 4.79 Å². The predicted molar refractivity (Wildman–Crippen MR) is 88.1 cm³/mol. The van der Waals surface area contributed by atoms with Crippen LogP contribution >= 0.6 is 0 Å². The van der Waals surface area contributed by atoms with E-state index >= 15 is 0 Å². The fourth-order valence-electron chi connectivity index (χ4n) is 4.71. The van der Waals surface area contributed by atoms with E-state index in [1.807, 2.05) is 0 Å². The molecule has 0 radical (unpaired) electrons. The van der Waals surface area contributed by atoms with E-state index in [9.17, 15) is 14.7 Å². The number of carboxylic acids is 1. The van der Waals surface area contributed by atoms with Gasteiger partial charge in [-0.05, 0) is 63.5 Å². The quantitative estimate of drug-likeness (QED) is 0.863. The molecule has 2 aliphatic heterocycles. The van der Waals surface area contributed by atoms with Gasteiger partial charge in [-0.15, -0.1) is 0 Å². The summed E-state index contributed by atoms with van der Waals surface area (Å²) in [5.41, 5.74) is 0.157. The smallest absolute Gasteiger partial charge is 0.326 e. The minimum atomic E-state index is -0.894. The third kappa shape index (κ3) is 3.70. The molecular weight excluding hydrogens is 292 g/mol. The van der Waals surface area contributed by atoms with Crippen molar-refractivity contribution >= 4 is 11.9 Å². The number of carbonyl (C=O) groups is 2. The maximum Gasteiger partial charge on any atom is 0.326 e. The first-order chi connectivity index (χ1) is 11.0. The summed E-state index contributed by atoms with van der Waals surface area (Å²) in [5, 5.41) is 9.24. The van der Waals surface area contributed by atoms with Crippen molar-refractivity contribution in [3.63, 3.8) is 0 Å². The van der Waals surface area contributed by atoms with Crippen molar-refractivity contribution in [2.24, 2.45) is 11.3 Å². The molecule has 2 heterocycles. The molecular formula is C18H30N2O3. The third-order valence-corrected chi connectivity index (χ3v) is 6.43. The van der Waals surface area contributed by atoms with E-state index in [4.69, 9.17) is 0 Å². The van der Waals surface area contributed by atoms with Crippen LogP contribution in [-0.4, -0.2) is 59.0 Å². The molecule has 1 saturated carbocycles. The topological polar surface area (TPSA) is 60.9 Å². The van der Waals surface area contributed by atoms with E-state index in [2.05, 4.69) is 4.90 Å². The average Bonchev–Trinajstić information content (AvgIpc) is 3.04. The molecule has 0 bridgehead atoms. The molecule has 1 aliphatic carbocycles. The second-order valence-electron chi connectivity index (χ2n) is 7.99. The van der Waals surface area contributed by atoms with E-state index in [1.165, 1.54) is 32.2 Å². The number of carbonyl (C=O) groups excluding carboxylic acids is 1. The Morgan fingerprint density at radius 2 is 1.91 bits per heavy atom. The van der Waals surface area contributed by atoms with Crippen LogP contribution in [-0.2, 0) is 9.59 Å². The number of rotatable bonds is 4. The molecule has 5 heteroatoms. The van der Waals surface area contributed by atoms with E-state index in [1.54, 1.807) is 11.8 Å². The Morgan fingerprint density at radius 3 is 2.52 bits per heavy atom. The number of piperidine rings is 2. The minimum absolute atomic E-state index is 0.0129. The molecule has 3 fully saturated rings. The molecule has 2 saturated heterocycles. The van der Waals surface area contributed by atoms with Crippen LogP contribution < -0.4 is 0 Å². The zero-order valence-electron chi connectivity index (χ0n) is 14.3. The first kappa shape index (κ1) is 16.7. The van der Waals surface area contributed by atoms with Gasteiger partial charge in [0.2, 0.25) is 5.91 Å². The third-order valence-electron chi connectivity index (χ3n) is 6.43. The van der Waals surface area contributed by atoms with Crippen LogP contribution in [0.4, 0.5) is 0 Å². The molecule has 0 aromatic rings. The van der Waals surface area contributed by atoms with Gasteiger partial charge in [-0.2, -0.15) is 0 Å². The highest BCUT2D eigenvalue weighted by molar-refractivity contribution is 5.84. The Bertz CT molecular complexity index is 451. The van der Waals surface area contributed by atoms with Crippen LogP contribution in [0.15, 0.2) is 0 Å². The lowest BCUT2D eigenvalue weighted by Crippen LogP contribution is -2.55. The van der Waals surface area contributed by atoms with Gasteiger partial charge in [0.1, 0.15) is 6.04 Å². The molecule has 5 nitrogen and oxygen atoms in total. The van der Waals surface area contributed by atoms with Gasteiger partial charge in [0.15, 0.2) is 0 Å². The SMILES string of the molecule is C[C@H](C(=O)O)N1CC2(CCC1=O)CCN(CC1CCCC1)CC2. The summed E-state index contributed by atoms with van der Waals surface area (Å²) in [7, 11) is 0. The highest BCUT2D eigenvalue weighted by atomic mass is 16.4. The van der Waals surface area contributed by atoms with Crippen molar-refractivity contribution in [1.82, 2.24) is 9.80 Å². The summed E-state index contributed by atoms with van der Waals surface area (Å²) in [6.45, 7) is 5.73. The van der Waals surface area contributed by atoms with Crippen LogP contribution in [0.1, 0.15) is 58.3 Å². The van der Waals surface area contributed by atoms with E-state index < -0.39 is 12.0 Å². The summed E-state index contributed by atoms with van der Waals surface area (Å²) < 4.78 is 0. The highest BCUT2D eigenvalue weighted by Gasteiger charge is 2.43. The van der Waals surface area contributed by atoms with Gasteiger partial charge in [-0.3, -0.25) is 4.79 Å². The van der Waals surface area contributed by atoms with E-state index in [0.717, 1.165) is 38.3 Å². The zero-order chi connectivity index (χ0) is 16.4. The minimum Gasteiger partial charge on any atom is -0.480 e. The molecule has 0 unspecified atom stereocenters. The van der Waals surface area contributed by atoms with Crippen LogP contribution in [0.3, 0.4) is 0 Å². The largest absolute Gasteiger partial charge is 0.480 e. The van der Waals surface area contributed by atoms with Gasteiger partial charge in [-0.1, -0.05) is 12.8 Å². The lowest BCUT2D eigenvalue weighted by molar-refractivity contribution is -0.155. The Morgan fingerprint density at radius 1 is 1.26 bits per heavy atom. The standard InChI is InChI=1S/C18H30N2O3/c1-14(17(22)23)20-13-18(7-6-16(20)21)8-10-19(11-9-18)12-15-4-2-3-5-15/h14-15H,2-13H2,1H3,(H,22,23)/t14-/m1/s1. The van der Waals surface area contributed by atoms with Gasteiger partial charge in [0.05, 0.1) is 0 Å². The number of carboxylic acid groups (broad SMARTS) is 1. The summed E-state index contributed by atoms with van der Waals surface area (Å²) >= 11 is 0. The second kappa shape index (κ2) is 6.80. The molecule has 23 heavy (non-hydrogen) atoms. The number of hydrogen-bond acceptors (Lipinski definition) is 3. The van der Waals surface area contributed by atoms with Crippen molar-refractivity contribution in [3.8, 4) is 0 Å². The van der Waals surface area contributed by atoms with Crippen LogP contribution in [0.25, 0.3) is 0 Å². The molecule has 0 aromatic heterocycles. The van der Waals surface area contributed by atoms with Crippen LogP contribution in [0.5, 0.6) is 0 Å². The van der Waals surface area contributed by atoms with Crippen molar-refractivity contribution in [1.29, 1.82) is 0 Å². The normalized spacial score (nSPS) is 27.5. The number of aliphatic carboxylic acids is 1. The van der Waals surface area contributed by atoms with Gasteiger partial charge < -0.3 is 14.9 Å². The molecule has 1 amide bonds. The first-order valence-electron chi connectivity index (χ1n) is 9.24. The molecule has 1 spiro atoms. The maximum atomic E-state index is 12.1. The van der Waals surface area contributed by atoms with Crippen LogP contribution in [0.2, 0.25) is 0 Å². The Labute approximate surface area is 139 Å². The number of hydrogen-bond donors (Lipinski definition) is 1. The predicted octanol–water partition coefficient (Wildman–Crippen LogP) is 2.35. The molecule has 3 rings (SSSR count). The summed E-state index contributed by atoms with van der Waals surface area (Å²) in [5.74, 6) is 0.00787. The number of amides is 1. The molecule has 1 N–H and O–H groups in total. The molecule has 3 aliphatic rings. The summed E-state index contributed by atoms with van der Waals surface area (Å²) in [6.07, 6.45) is 9.23. The summed E-state index contributed by atoms with van der Waals surface area (Å²) in [4.78, 5) is 27.6. The average molecular weight is 322 g/mol. The van der Waals surface area contributed by atoms with Gasteiger partial charge in [0.25, 0.3) is 0 Å². The van der Waals surface area contributed by atoms with Crippen molar-refractivity contribution in [2.75, 3.05) is 26.2 Å². The van der Waals surface area contributed by atoms with Crippen LogP contribution in [0, 0.1) is 11.3 Å². The van der Waals surface area contributed by atoms with E-state index in [-0.39, 0.29) is 11.3 Å². The molecule has 1 atom stereocenters. The Kier molecular flexibility index (Phi) is 4.95. The van der Waals surface area contributed by atoms with Crippen molar-refractivity contribution in [2.45, 2.75) is 64.3 Å². The first-order valence-corrected chi connectivity index (χ1v) is 9.24. The monoisotopic (exact) mass is 322 g/mol. The fourth-order valence-corrected chi connectivity index (χ4v) is 4.71. The van der Waals surface area contributed by atoms with Crippen molar-refractivity contribution < 1.29 is 14.7 Å². The Balaban J connectivity index is 1.56. The zero-order valence-corrected chi connectivity index (χ0v) is 14.3. The highest BCUT2D eigenvalue weighted by Crippen LogP contribution is 2.41.